The number of aromatic nitrogens is 2. The number of hydrogen-bond acceptors (Lipinski definition) is 5. The second-order valence-corrected chi connectivity index (χ2v) is 6.88. The molecule has 6 nitrogen and oxygen atoms in total. The molecule has 0 amide bonds. The molecule has 0 aromatic carbocycles. The van der Waals surface area contributed by atoms with Crippen LogP contribution in [-0.2, 0) is 16.9 Å². The Hall–Kier alpha value is -1.08. The first-order chi connectivity index (χ1) is 8.48. The zero-order valence-electron chi connectivity index (χ0n) is 10.9. The summed E-state index contributed by atoms with van der Waals surface area (Å²) in [4.78, 5) is 0. The van der Waals surface area contributed by atoms with Crippen LogP contribution in [0.5, 0.6) is 5.75 Å². The summed E-state index contributed by atoms with van der Waals surface area (Å²) in [5.74, 6) is 1.27. The molecule has 1 aromatic heterocycles. The van der Waals surface area contributed by atoms with Crippen molar-refractivity contribution in [3.05, 3.63) is 11.9 Å². The van der Waals surface area contributed by atoms with E-state index in [-0.39, 0.29) is 23.5 Å². The highest BCUT2D eigenvalue weighted by Crippen LogP contribution is 2.35. The number of methoxy groups -OCH3 is 1. The molecular formula is C11H19N3O3S. The third-order valence-electron chi connectivity index (χ3n) is 3.51. The Morgan fingerprint density at radius 1 is 1.61 bits per heavy atom. The van der Waals surface area contributed by atoms with E-state index in [2.05, 4.69) is 10.4 Å². The summed E-state index contributed by atoms with van der Waals surface area (Å²) < 4.78 is 30.2. The van der Waals surface area contributed by atoms with Crippen LogP contribution in [0.25, 0.3) is 0 Å². The first-order valence-corrected chi connectivity index (χ1v) is 7.74. The van der Waals surface area contributed by atoms with Gasteiger partial charge in [0.1, 0.15) is 0 Å². The van der Waals surface area contributed by atoms with Crippen molar-refractivity contribution in [2.45, 2.75) is 12.5 Å². The molecule has 2 atom stereocenters. The Morgan fingerprint density at radius 2 is 2.33 bits per heavy atom. The average molecular weight is 273 g/mol. The zero-order valence-corrected chi connectivity index (χ0v) is 11.7. The Bertz CT molecular complexity index is 524. The van der Waals surface area contributed by atoms with Crippen LogP contribution in [0.3, 0.4) is 0 Å². The number of ether oxygens (including phenoxy) is 1. The van der Waals surface area contributed by atoms with Crippen LogP contribution in [0.4, 0.5) is 0 Å². The highest BCUT2D eigenvalue weighted by molar-refractivity contribution is 7.91. The summed E-state index contributed by atoms with van der Waals surface area (Å²) in [7, 11) is 2.39. The molecule has 1 aliphatic rings. The smallest absolute Gasteiger partial charge is 0.161 e. The zero-order chi connectivity index (χ0) is 13.3. The molecule has 1 fully saturated rings. The third-order valence-corrected chi connectivity index (χ3v) is 5.31. The van der Waals surface area contributed by atoms with Crippen LogP contribution in [0.1, 0.15) is 18.2 Å². The fourth-order valence-corrected chi connectivity index (χ4v) is 4.46. The number of aryl methyl sites for hydroxylation is 1. The topological polar surface area (TPSA) is 73.2 Å². The fourth-order valence-electron chi connectivity index (χ4n) is 2.62. The number of hydrogen-bond donors (Lipinski definition) is 1. The molecular weight excluding hydrogens is 254 g/mol. The molecule has 2 unspecified atom stereocenters. The van der Waals surface area contributed by atoms with Gasteiger partial charge in [-0.3, -0.25) is 4.68 Å². The molecule has 1 aromatic rings. The molecule has 2 heterocycles. The lowest BCUT2D eigenvalue weighted by Crippen LogP contribution is -2.28. The Balaban J connectivity index is 2.31. The van der Waals surface area contributed by atoms with Gasteiger partial charge in [-0.05, 0) is 19.4 Å². The van der Waals surface area contributed by atoms with Crippen molar-refractivity contribution in [2.75, 3.05) is 25.7 Å². The van der Waals surface area contributed by atoms with Crippen molar-refractivity contribution >= 4 is 9.84 Å². The van der Waals surface area contributed by atoms with Gasteiger partial charge in [-0.2, -0.15) is 5.10 Å². The number of rotatable bonds is 4. The van der Waals surface area contributed by atoms with Gasteiger partial charge in [0.25, 0.3) is 0 Å². The quantitative estimate of drug-likeness (QED) is 0.844. The highest BCUT2D eigenvalue weighted by Gasteiger charge is 2.36. The molecule has 0 radical (unpaired) electrons. The standard InChI is InChI=1S/C11H19N3O3S/c1-12-10(8-4-5-18(15,16)7-8)11-9(17-3)6-13-14(11)2/h6,8,10,12H,4-5,7H2,1-3H3. The van der Waals surface area contributed by atoms with Crippen LogP contribution < -0.4 is 10.1 Å². The maximum absolute atomic E-state index is 11.6. The van der Waals surface area contributed by atoms with Gasteiger partial charge in [0.15, 0.2) is 15.6 Å². The minimum atomic E-state index is -2.88. The molecule has 0 spiro atoms. The van der Waals surface area contributed by atoms with E-state index in [1.807, 2.05) is 14.1 Å². The normalized spacial score (nSPS) is 24.1. The molecule has 18 heavy (non-hydrogen) atoms. The van der Waals surface area contributed by atoms with Crippen molar-refractivity contribution in [3.63, 3.8) is 0 Å². The number of nitrogens with zero attached hydrogens (tertiary/aromatic N) is 2. The lowest BCUT2D eigenvalue weighted by Gasteiger charge is -2.23. The Morgan fingerprint density at radius 3 is 2.83 bits per heavy atom. The SMILES string of the molecule is CNC(c1c(OC)cnn1C)C1CCS(=O)(=O)C1. The molecule has 7 heteroatoms. The molecule has 2 rings (SSSR count). The van der Waals surface area contributed by atoms with Crippen LogP contribution in [0.2, 0.25) is 0 Å². The second-order valence-electron chi connectivity index (χ2n) is 4.65. The van der Waals surface area contributed by atoms with Crippen molar-refractivity contribution in [1.29, 1.82) is 0 Å². The minimum absolute atomic E-state index is 0.0512. The van der Waals surface area contributed by atoms with Gasteiger partial charge in [0.2, 0.25) is 0 Å². The summed E-state index contributed by atoms with van der Waals surface area (Å²) in [6, 6.07) is -0.0512. The third kappa shape index (κ3) is 2.37. The van der Waals surface area contributed by atoms with Gasteiger partial charge < -0.3 is 10.1 Å². The van der Waals surface area contributed by atoms with Crippen molar-refractivity contribution in [2.24, 2.45) is 13.0 Å². The van der Waals surface area contributed by atoms with Crippen molar-refractivity contribution < 1.29 is 13.2 Å². The van der Waals surface area contributed by atoms with Crippen LogP contribution in [0.15, 0.2) is 6.20 Å². The predicted molar refractivity (Wildman–Crippen MR) is 68.3 cm³/mol. The van der Waals surface area contributed by atoms with E-state index in [1.165, 1.54) is 0 Å². The molecule has 1 saturated heterocycles. The first-order valence-electron chi connectivity index (χ1n) is 5.92. The van der Waals surface area contributed by atoms with E-state index in [0.717, 1.165) is 5.69 Å². The van der Waals surface area contributed by atoms with Crippen LogP contribution in [0, 0.1) is 5.92 Å². The molecule has 1 aliphatic heterocycles. The highest BCUT2D eigenvalue weighted by atomic mass is 32.2. The van der Waals surface area contributed by atoms with E-state index >= 15 is 0 Å². The minimum Gasteiger partial charge on any atom is -0.493 e. The largest absolute Gasteiger partial charge is 0.493 e. The molecule has 0 saturated carbocycles. The van der Waals surface area contributed by atoms with Gasteiger partial charge in [-0.25, -0.2) is 8.42 Å². The van der Waals surface area contributed by atoms with Crippen molar-refractivity contribution in [3.8, 4) is 5.75 Å². The lowest BCUT2D eigenvalue weighted by atomic mass is 9.96. The summed E-state index contributed by atoms with van der Waals surface area (Å²) in [6.07, 6.45) is 2.34. The van der Waals surface area contributed by atoms with E-state index < -0.39 is 9.84 Å². The van der Waals surface area contributed by atoms with E-state index in [9.17, 15) is 8.42 Å². The van der Waals surface area contributed by atoms with Crippen LogP contribution >= 0.6 is 0 Å². The average Bonchev–Trinajstić information content (AvgIpc) is 2.85. The fraction of sp³-hybridized carbons (Fsp3) is 0.727. The monoisotopic (exact) mass is 273 g/mol. The Labute approximate surface area is 107 Å². The van der Waals surface area contributed by atoms with Gasteiger partial charge in [0, 0.05) is 7.05 Å². The van der Waals surface area contributed by atoms with E-state index in [1.54, 1.807) is 18.0 Å². The van der Waals surface area contributed by atoms with Crippen molar-refractivity contribution in [1.82, 2.24) is 15.1 Å². The second kappa shape index (κ2) is 4.89. The number of sulfone groups is 1. The first kappa shape index (κ1) is 13.4. The van der Waals surface area contributed by atoms with Gasteiger partial charge in [-0.1, -0.05) is 0 Å². The summed E-state index contributed by atoms with van der Waals surface area (Å²) >= 11 is 0. The van der Waals surface area contributed by atoms with E-state index in [0.29, 0.717) is 12.2 Å². The molecule has 1 N–H and O–H groups in total. The number of nitrogens with one attached hydrogen (secondary N) is 1. The van der Waals surface area contributed by atoms with Gasteiger partial charge >= 0.3 is 0 Å². The maximum Gasteiger partial charge on any atom is 0.161 e. The molecule has 102 valence electrons. The summed E-state index contributed by atoms with van der Waals surface area (Å²) in [6.45, 7) is 0. The molecule has 0 aliphatic carbocycles. The summed E-state index contributed by atoms with van der Waals surface area (Å²) in [5.41, 5.74) is 0.905. The molecule has 0 bridgehead atoms. The van der Waals surface area contributed by atoms with Gasteiger partial charge in [0.05, 0.1) is 36.5 Å². The lowest BCUT2D eigenvalue weighted by molar-refractivity contribution is 0.361. The van der Waals surface area contributed by atoms with Crippen LogP contribution in [-0.4, -0.2) is 43.9 Å². The maximum atomic E-state index is 11.6. The Kier molecular flexibility index (Phi) is 3.63. The van der Waals surface area contributed by atoms with Gasteiger partial charge in [-0.15, -0.1) is 0 Å². The summed E-state index contributed by atoms with van der Waals surface area (Å²) in [5, 5.41) is 7.36. The van der Waals surface area contributed by atoms with E-state index in [4.69, 9.17) is 4.74 Å². The predicted octanol–water partition coefficient (Wildman–Crippen LogP) is 0.124.